The zero-order valence-electron chi connectivity index (χ0n) is 8.58. The topological polar surface area (TPSA) is 51.2 Å². The highest BCUT2D eigenvalue weighted by atomic mass is 79.9. The highest BCUT2D eigenvalue weighted by molar-refractivity contribution is 9.10. The molecule has 0 saturated heterocycles. The van der Waals surface area contributed by atoms with Gasteiger partial charge in [0.1, 0.15) is 11.8 Å². The Morgan fingerprint density at radius 1 is 1.29 bits per heavy atom. The van der Waals surface area contributed by atoms with Crippen LogP contribution in [0.15, 0.2) is 39.4 Å². The van der Waals surface area contributed by atoms with Crippen molar-refractivity contribution < 1.29 is 4.42 Å². The first-order chi connectivity index (χ1) is 8.13. The van der Waals surface area contributed by atoms with E-state index in [2.05, 4.69) is 21.4 Å². The summed E-state index contributed by atoms with van der Waals surface area (Å²) in [5, 5.41) is 1.16. The zero-order valence-corrected chi connectivity index (χ0v) is 11.7. The first kappa shape index (κ1) is 12.9. The van der Waals surface area contributed by atoms with Crippen LogP contribution in [0.5, 0.6) is 0 Å². The molecule has 3 nitrogen and oxygen atoms in total. The van der Waals surface area contributed by atoms with Crippen LogP contribution in [0.25, 0.3) is 0 Å². The van der Waals surface area contributed by atoms with Crippen LogP contribution in [0.2, 0.25) is 10.0 Å². The van der Waals surface area contributed by atoms with Crippen molar-refractivity contribution in [2.45, 2.75) is 6.04 Å². The summed E-state index contributed by atoms with van der Waals surface area (Å²) < 4.78 is 6.19. The van der Waals surface area contributed by atoms with Gasteiger partial charge in [0.2, 0.25) is 0 Å². The minimum atomic E-state index is -0.356. The molecule has 0 saturated carbocycles. The van der Waals surface area contributed by atoms with E-state index in [-0.39, 0.29) is 6.04 Å². The summed E-state index contributed by atoms with van der Waals surface area (Å²) in [5.41, 5.74) is 3.42. The molecule has 2 rings (SSSR count). The first-order valence-corrected chi connectivity index (χ1v) is 6.32. The molecular weight excluding hydrogens is 327 g/mol. The fourth-order valence-electron chi connectivity index (χ4n) is 1.55. The summed E-state index contributed by atoms with van der Waals surface area (Å²) in [7, 11) is 0. The van der Waals surface area contributed by atoms with E-state index in [0.717, 1.165) is 10.0 Å². The molecule has 90 valence electrons. The van der Waals surface area contributed by atoms with Crippen molar-refractivity contribution in [2.75, 3.05) is 0 Å². The Hall–Kier alpha value is -0.520. The van der Waals surface area contributed by atoms with Crippen LogP contribution < -0.4 is 11.3 Å². The molecule has 0 amide bonds. The lowest BCUT2D eigenvalue weighted by atomic mass is 10.1. The largest absolute Gasteiger partial charge is 0.466 e. The third-order valence-electron chi connectivity index (χ3n) is 2.34. The Kier molecular flexibility index (Phi) is 4.12. The Balaban J connectivity index is 2.49. The molecule has 0 spiro atoms. The number of nitrogens with two attached hydrogens (primary N) is 1. The Labute approximate surface area is 117 Å². The summed E-state index contributed by atoms with van der Waals surface area (Å²) in [6.07, 6.45) is 1.57. The molecule has 3 N–H and O–H groups in total. The number of hydrogen-bond donors (Lipinski definition) is 2. The van der Waals surface area contributed by atoms with Crippen LogP contribution in [0.3, 0.4) is 0 Å². The molecule has 0 fully saturated rings. The summed E-state index contributed by atoms with van der Waals surface area (Å²) in [4.78, 5) is 0. The predicted molar refractivity (Wildman–Crippen MR) is 72.0 cm³/mol. The van der Waals surface area contributed by atoms with Gasteiger partial charge in [-0.05, 0) is 45.8 Å². The van der Waals surface area contributed by atoms with Gasteiger partial charge in [0.05, 0.1) is 10.7 Å². The van der Waals surface area contributed by atoms with Crippen LogP contribution in [-0.2, 0) is 0 Å². The number of rotatable bonds is 3. The molecule has 1 aromatic heterocycles. The van der Waals surface area contributed by atoms with Gasteiger partial charge in [-0.2, -0.15) is 0 Å². The molecule has 1 heterocycles. The van der Waals surface area contributed by atoms with Crippen LogP contribution in [-0.4, -0.2) is 0 Å². The van der Waals surface area contributed by atoms with Crippen LogP contribution >= 0.6 is 39.1 Å². The molecule has 0 aliphatic carbocycles. The maximum atomic E-state index is 6.13. The quantitative estimate of drug-likeness (QED) is 0.660. The standard InChI is InChI=1S/C11H9BrCl2N2O/c12-8-3-4-17-11(8)10(16-15)7-5-6(13)1-2-9(7)14/h1-5,10,16H,15H2. The molecule has 2 aromatic rings. The van der Waals surface area contributed by atoms with E-state index in [9.17, 15) is 0 Å². The second kappa shape index (κ2) is 5.42. The molecule has 0 aliphatic heterocycles. The van der Waals surface area contributed by atoms with Gasteiger partial charge in [0, 0.05) is 10.0 Å². The van der Waals surface area contributed by atoms with Crippen molar-refractivity contribution in [2.24, 2.45) is 5.84 Å². The van der Waals surface area contributed by atoms with Gasteiger partial charge in [0.25, 0.3) is 0 Å². The van der Waals surface area contributed by atoms with Crippen molar-refractivity contribution >= 4 is 39.1 Å². The van der Waals surface area contributed by atoms with Crippen molar-refractivity contribution in [3.8, 4) is 0 Å². The van der Waals surface area contributed by atoms with Gasteiger partial charge in [-0.3, -0.25) is 5.84 Å². The molecular formula is C11H9BrCl2N2O. The maximum Gasteiger partial charge on any atom is 0.140 e. The highest BCUT2D eigenvalue weighted by Crippen LogP contribution is 2.33. The minimum Gasteiger partial charge on any atom is -0.466 e. The van der Waals surface area contributed by atoms with Crippen molar-refractivity contribution in [3.63, 3.8) is 0 Å². The SMILES string of the molecule is NNC(c1cc(Cl)ccc1Cl)c1occc1Br. The number of hydrogen-bond acceptors (Lipinski definition) is 3. The van der Waals surface area contributed by atoms with Gasteiger partial charge in [0.15, 0.2) is 0 Å². The molecule has 6 heteroatoms. The average molecular weight is 336 g/mol. The summed E-state index contributed by atoms with van der Waals surface area (Å²) in [5.74, 6) is 6.20. The van der Waals surface area contributed by atoms with Crippen LogP contribution in [0, 0.1) is 0 Å². The van der Waals surface area contributed by atoms with Gasteiger partial charge in [-0.25, -0.2) is 5.43 Å². The average Bonchev–Trinajstić information content (AvgIpc) is 2.71. The monoisotopic (exact) mass is 334 g/mol. The summed E-state index contributed by atoms with van der Waals surface area (Å²) in [6, 6.07) is 6.63. The molecule has 1 atom stereocenters. The van der Waals surface area contributed by atoms with Crippen LogP contribution in [0.4, 0.5) is 0 Å². The normalized spacial score (nSPS) is 12.7. The molecule has 0 radical (unpaired) electrons. The van der Waals surface area contributed by atoms with Gasteiger partial charge in [-0.15, -0.1) is 0 Å². The third-order valence-corrected chi connectivity index (χ3v) is 3.58. The fraction of sp³-hybridized carbons (Fsp3) is 0.0909. The Morgan fingerprint density at radius 3 is 2.65 bits per heavy atom. The zero-order chi connectivity index (χ0) is 12.4. The number of furan rings is 1. The number of hydrazine groups is 1. The maximum absolute atomic E-state index is 6.13. The van der Waals surface area contributed by atoms with Crippen molar-refractivity contribution in [1.29, 1.82) is 0 Å². The van der Waals surface area contributed by atoms with E-state index in [1.807, 2.05) is 0 Å². The highest BCUT2D eigenvalue weighted by Gasteiger charge is 2.21. The van der Waals surface area contributed by atoms with E-state index in [4.69, 9.17) is 33.5 Å². The molecule has 0 aliphatic rings. The van der Waals surface area contributed by atoms with E-state index in [1.54, 1.807) is 30.5 Å². The lowest BCUT2D eigenvalue weighted by molar-refractivity contribution is 0.450. The van der Waals surface area contributed by atoms with Crippen LogP contribution in [0.1, 0.15) is 17.4 Å². The van der Waals surface area contributed by atoms with Gasteiger partial charge < -0.3 is 4.42 Å². The molecule has 1 aromatic carbocycles. The van der Waals surface area contributed by atoms with Crippen molar-refractivity contribution in [3.05, 3.63) is 56.4 Å². The Morgan fingerprint density at radius 2 is 2.06 bits per heavy atom. The van der Waals surface area contributed by atoms with E-state index >= 15 is 0 Å². The van der Waals surface area contributed by atoms with E-state index in [0.29, 0.717) is 15.8 Å². The third kappa shape index (κ3) is 2.67. The Bertz CT molecular complexity index is 530. The van der Waals surface area contributed by atoms with E-state index in [1.165, 1.54) is 0 Å². The molecule has 1 unspecified atom stereocenters. The number of nitrogens with one attached hydrogen (secondary N) is 1. The molecule has 0 bridgehead atoms. The lowest BCUT2D eigenvalue weighted by Gasteiger charge is -2.16. The fourth-order valence-corrected chi connectivity index (χ4v) is 2.39. The van der Waals surface area contributed by atoms with Gasteiger partial charge >= 0.3 is 0 Å². The summed E-state index contributed by atoms with van der Waals surface area (Å²) in [6.45, 7) is 0. The lowest BCUT2D eigenvalue weighted by Crippen LogP contribution is -2.29. The number of halogens is 3. The molecule has 17 heavy (non-hydrogen) atoms. The van der Waals surface area contributed by atoms with E-state index < -0.39 is 0 Å². The number of benzene rings is 1. The smallest absolute Gasteiger partial charge is 0.140 e. The first-order valence-electron chi connectivity index (χ1n) is 4.77. The second-order valence-electron chi connectivity index (χ2n) is 3.40. The van der Waals surface area contributed by atoms with Crippen molar-refractivity contribution in [1.82, 2.24) is 5.43 Å². The van der Waals surface area contributed by atoms with Gasteiger partial charge in [-0.1, -0.05) is 23.2 Å². The predicted octanol–water partition coefficient (Wildman–Crippen LogP) is 3.90. The summed E-state index contributed by atoms with van der Waals surface area (Å²) >= 11 is 15.5. The second-order valence-corrected chi connectivity index (χ2v) is 5.10. The minimum absolute atomic E-state index is 0.356.